The van der Waals surface area contributed by atoms with E-state index in [1.54, 1.807) is 7.11 Å². The highest BCUT2D eigenvalue weighted by molar-refractivity contribution is 5.64. The highest BCUT2D eigenvalue weighted by Gasteiger charge is 2.01. The van der Waals surface area contributed by atoms with Gasteiger partial charge in [-0.25, -0.2) is 0 Å². The van der Waals surface area contributed by atoms with Crippen LogP contribution < -0.4 is 4.74 Å². The largest absolute Gasteiger partial charge is 0.497 e. The van der Waals surface area contributed by atoms with Crippen molar-refractivity contribution >= 4 is 0 Å². The second-order valence-corrected chi connectivity index (χ2v) is 5.79. The Kier molecular flexibility index (Phi) is 6.95. The number of pyridine rings is 1. The maximum atomic E-state index is 5.27. The minimum absolute atomic E-state index is 0.883. The van der Waals surface area contributed by atoms with Crippen LogP contribution in [0, 0.1) is 0 Å². The standard InChI is InChI=1S/C20H27NO/c1-3-4-5-6-7-8-11-19-14-13-18(16-21-19)17-10-9-12-20(15-17)22-2/h9-10,12-16H,3-8,11H2,1-2H3. The SMILES string of the molecule is CCCCCCCCc1ccc(-c2cccc(OC)c2)cn1. The van der Waals surface area contributed by atoms with Crippen LogP contribution >= 0.6 is 0 Å². The molecule has 1 aromatic carbocycles. The van der Waals surface area contributed by atoms with Gasteiger partial charge in [0.25, 0.3) is 0 Å². The predicted octanol–water partition coefficient (Wildman–Crippen LogP) is 5.66. The van der Waals surface area contributed by atoms with Gasteiger partial charge in [-0.2, -0.15) is 0 Å². The molecule has 0 aliphatic rings. The summed E-state index contributed by atoms with van der Waals surface area (Å²) in [6, 6.07) is 12.4. The molecule has 0 unspecified atom stereocenters. The van der Waals surface area contributed by atoms with Crippen LogP contribution in [-0.2, 0) is 6.42 Å². The lowest BCUT2D eigenvalue weighted by Crippen LogP contribution is -1.91. The smallest absolute Gasteiger partial charge is 0.119 e. The Morgan fingerprint density at radius 2 is 1.73 bits per heavy atom. The van der Waals surface area contributed by atoms with Gasteiger partial charge < -0.3 is 4.74 Å². The molecule has 2 heteroatoms. The lowest BCUT2D eigenvalue weighted by atomic mass is 10.1. The summed E-state index contributed by atoms with van der Waals surface area (Å²) in [5.41, 5.74) is 3.49. The van der Waals surface area contributed by atoms with Crippen LogP contribution in [0.25, 0.3) is 11.1 Å². The molecular weight excluding hydrogens is 270 g/mol. The predicted molar refractivity (Wildman–Crippen MR) is 93.3 cm³/mol. The second kappa shape index (κ2) is 9.24. The third-order valence-electron chi connectivity index (χ3n) is 4.01. The number of unbranched alkanes of at least 4 members (excludes halogenated alkanes) is 5. The first-order chi connectivity index (χ1) is 10.8. The van der Waals surface area contributed by atoms with Crippen LogP contribution in [0.15, 0.2) is 42.6 Å². The third-order valence-corrected chi connectivity index (χ3v) is 4.01. The highest BCUT2D eigenvalue weighted by Crippen LogP contribution is 2.23. The first-order valence-electron chi connectivity index (χ1n) is 8.43. The van der Waals surface area contributed by atoms with E-state index in [4.69, 9.17) is 4.74 Å². The fourth-order valence-electron chi connectivity index (χ4n) is 2.63. The van der Waals surface area contributed by atoms with Crippen LogP contribution in [-0.4, -0.2) is 12.1 Å². The number of rotatable bonds is 9. The van der Waals surface area contributed by atoms with Crippen molar-refractivity contribution in [3.05, 3.63) is 48.3 Å². The van der Waals surface area contributed by atoms with Crippen molar-refractivity contribution in [1.29, 1.82) is 0 Å². The molecule has 1 aromatic heterocycles. The van der Waals surface area contributed by atoms with E-state index in [-0.39, 0.29) is 0 Å². The summed E-state index contributed by atoms with van der Waals surface area (Å²) in [5, 5.41) is 0. The number of ether oxygens (including phenoxy) is 1. The average Bonchev–Trinajstić information content (AvgIpc) is 2.58. The summed E-state index contributed by atoms with van der Waals surface area (Å²) in [5.74, 6) is 0.883. The molecule has 2 aromatic rings. The van der Waals surface area contributed by atoms with E-state index in [9.17, 15) is 0 Å². The molecule has 0 spiro atoms. The Morgan fingerprint density at radius 3 is 2.45 bits per heavy atom. The van der Waals surface area contributed by atoms with Crippen LogP contribution in [0.2, 0.25) is 0 Å². The monoisotopic (exact) mass is 297 g/mol. The molecule has 0 saturated carbocycles. The van der Waals surface area contributed by atoms with Crippen molar-refractivity contribution < 1.29 is 4.74 Å². The summed E-state index contributed by atoms with van der Waals surface area (Å²) in [7, 11) is 1.70. The Labute approximate surface area is 134 Å². The van der Waals surface area contributed by atoms with E-state index >= 15 is 0 Å². The fraction of sp³-hybridized carbons (Fsp3) is 0.450. The van der Waals surface area contributed by atoms with Crippen molar-refractivity contribution in [2.24, 2.45) is 0 Å². The molecule has 0 saturated heterocycles. The van der Waals surface area contributed by atoms with Crippen LogP contribution in [0.3, 0.4) is 0 Å². The Morgan fingerprint density at radius 1 is 0.909 bits per heavy atom. The summed E-state index contributed by atoms with van der Waals surface area (Å²) >= 11 is 0. The molecule has 1 heterocycles. The van der Waals surface area contributed by atoms with E-state index in [0.29, 0.717) is 0 Å². The zero-order chi connectivity index (χ0) is 15.6. The first kappa shape index (κ1) is 16.5. The van der Waals surface area contributed by atoms with Gasteiger partial charge in [-0.15, -0.1) is 0 Å². The lowest BCUT2D eigenvalue weighted by Gasteiger charge is -2.06. The molecule has 0 amide bonds. The van der Waals surface area contributed by atoms with Crippen molar-refractivity contribution in [1.82, 2.24) is 4.98 Å². The van der Waals surface area contributed by atoms with E-state index in [1.807, 2.05) is 24.4 Å². The molecule has 0 radical (unpaired) electrons. The lowest BCUT2D eigenvalue weighted by molar-refractivity contribution is 0.415. The van der Waals surface area contributed by atoms with Gasteiger partial charge in [0.15, 0.2) is 0 Å². The molecule has 22 heavy (non-hydrogen) atoms. The molecular formula is C20H27NO. The first-order valence-corrected chi connectivity index (χ1v) is 8.43. The molecule has 0 aliphatic carbocycles. The van der Waals surface area contributed by atoms with Crippen LogP contribution in [0.1, 0.15) is 51.1 Å². The molecule has 0 N–H and O–H groups in total. The van der Waals surface area contributed by atoms with Gasteiger partial charge in [-0.05, 0) is 36.6 Å². The second-order valence-electron chi connectivity index (χ2n) is 5.79. The Bertz CT molecular complexity index is 548. The van der Waals surface area contributed by atoms with Gasteiger partial charge in [0, 0.05) is 17.5 Å². The number of hydrogen-bond acceptors (Lipinski definition) is 2. The summed E-state index contributed by atoms with van der Waals surface area (Å²) in [6.07, 6.45) is 11.0. The van der Waals surface area contributed by atoms with Crippen LogP contribution in [0.5, 0.6) is 5.75 Å². The molecule has 2 nitrogen and oxygen atoms in total. The quantitative estimate of drug-likeness (QED) is 0.557. The van der Waals surface area contributed by atoms with Gasteiger partial charge in [-0.1, -0.05) is 57.2 Å². The number of methoxy groups -OCH3 is 1. The third kappa shape index (κ3) is 5.18. The van der Waals surface area contributed by atoms with Gasteiger partial charge in [0.05, 0.1) is 7.11 Å². The molecule has 2 rings (SSSR count). The number of aryl methyl sites for hydroxylation is 1. The maximum Gasteiger partial charge on any atom is 0.119 e. The Balaban J connectivity index is 1.84. The number of hydrogen-bond donors (Lipinski definition) is 0. The molecule has 0 aliphatic heterocycles. The van der Waals surface area contributed by atoms with Crippen molar-refractivity contribution in [3.63, 3.8) is 0 Å². The van der Waals surface area contributed by atoms with Crippen LogP contribution in [0.4, 0.5) is 0 Å². The normalized spacial score (nSPS) is 10.6. The number of nitrogens with zero attached hydrogens (tertiary/aromatic N) is 1. The zero-order valence-corrected chi connectivity index (χ0v) is 13.8. The molecule has 0 atom stereocenters. The van der Waals surface area contributed by atoms with Crippen molar-refractivity contribution in [2.75, 3.05) is 7.11 Å². The topological polar surface area (TPSA) is 22.1 Å². The van der Waals surface area contributed by atoms with E-state index < -0.39 is 0 Å². The number of benzene rings is 1. The average molecular weight is 297 g/mol. The van der Waals surface area contributed by atoms with Crippen molar-refractivity contribution in [3.8, 4) is 16.9 Å². The minimum atomic E-state index is 0.883. The molecule has 0 bridgehead atoms. The van der Waals surface area contributed by atoms with E-state index in [2.05, 4.69) is 30.1 Å². The van der Waals surface area contributed by atoms with Crippen molar-refractivity contribution in [2.45, 2.75) is 51.9 Å². The zero-order valence-electron chi connectivity index (χ0n) is 13.8. The molecule has 118 valence electrons. The minimum Gasteiger partial charge on any atom is -0.497 e. The van der Waals surface area contributed by atoms with Gasteiger partial charge in [-0.3, -0.25) is 4.98 Å². The van der Waals surface area contributed by atoms with Gasteiger partial charge >= 0.3 is 0 Å². The summed E-state index contributed by atoms with van der Waals surface area (Å²) < 4.78 is 5.27. The van der Waals surface area contributed by atoms with Gasteiger partial charge in [0.1, 0.15) is 5.75 Å². The summed E-state index contributed by atoms with van der Waals surface area (Å²) in [6.45, 7) is 2.26. The van der Waals surface area contributed by atoms with E-state index in [0.717, 1.165) is 23.3 Å². The summed E-state index contributed by atoms with van der Waals surface area (Å²) in [4.78, 5) is 4.60. The molecule has 0 fully saturated rings. The van der Waals surface area contributed by atoms with Gasteiger partial charge in [0.2, 0.25) is 0 Å². The fourth-order valence-corrected chi connectivity index (χ4v) is 2.63. The highest BCUT2D eigenvalue weighted by atomic mass is 16.5. The van der Waals surface area contributed by atoms with E-state index in [1.165, 1.54) is 44.2 Å². The Hall–Kier alpha value is -1.83. The maximum absolute atomic E-state index is 5.27. The number of aromatic nitrogens is 1.